The van der Waals surface area contributed by atoms with Crippen LogP contribution in [0, 0.1) is 5.92 Å². The van der Waals surface area contributed by atoms with Crippen LogP contribution in [0.3, 0.4) is 0 Å². The molecule has 3 rings (SSSR count). The number of ether oxygens (including phenoxy) is 2. The normalized spacial score (nSPS) is 28.2. The third-order valence-corrected chi connectivity index (χ3v) is 6.68. The minimum absolute atomic E-state index is 0.0250. The van der Waals surface area contributed by atoms with E-state index >= 15 is 0 Å². The van der Waals surface area contributed by atoms with E-state index in [0.29, 0.717) is 32.3 Å². The monoisotopic (exact) mass is 355 g/mol. The van der Waals surface area contributed by atoms with E-state index in [2.05, 4.69) is 4.98 Å². The summed E-state index contributed by atoms with van der Waals surface area (Å²) >= 11 is 0. The van der Waals surface area contributed by atoms with Gasteiger partial charge in [-0.1, -0.05) is 0 Å². The fourth-order valence-electron chi connectivity index (χ4n) is 3.47. The van der Waals surface area contributed by atoms with Gasteiger partial charge in [-0.3, -0.25) is 4.98 Å². The highest BCUT2D eigenvalue weighted by Gasteiger charge is 2.45. The minimum Gasteiger partial charge on any atom is -0.376 e. The molecule has 2 heterocycles. The number of fused-ring (bicyclic) bond motifs is 1. The largest absolute Gasteiger partial charge is 0.376 e. The summed E-state index contributed by atoms with van der Waals surface area (Å²) in [4.78, 5) is 3.99. The summed E-state index contributed by atoms with van der Waals surface area (Å²) in [5, 5.41) is 0. The van der Waals surface area contributed by atoms with Crippen molar-refractivity contribution < 1.29 is 17.9 Å². The lowest BCUT2D eigenvalue weighted by Crippen LogP contribution is -2.54. The maximum atomic E-state index is 12.5. The Labute approximate surface area is 143 Å². The fourth-order valence-corrected chi connectivity index (χ4v) is 4.76. The summed E-state index contributed by atoms with van der Waals surface area (Å²) in [6.45, 7) is 2.05. The molecule has 3 unspecified atom stereocenters. The van der Waals surface area contributed by atoms with Crippen LogP contribution in [-0.2, 0) is 26.3 Å². The molecule has 7 nitrogen and oxygen atoms in total. The number of pyridine rings is 1. The Bertz CT molecular complexity index is 638. The molecule has 0 N–H and O–H groups in total. The third-order valence-electron chi connectivity index (χ3n) is 4.71. The lowest BCUT2D eigenvalue weighted by molar-refractivity contribution is -0.0267. The van der Waals surface area contributed by atoms with Crippen LogP contribution in [0.4, 0.5) is 0 Å². The average molecular weight is 355 g/mol. The van der Waals surface area contributed by atoms with Gasteiger partial charge in [0.1, 0.15) is 0 Å². The summed E-state index contributed by atoms with van der Waals surface area (Å²) in [6, 6.07) is 3.78. The summed E-state index contributed by atoms with van der Waals surface area (Å²) in [5.41, 5.74) is 1.09. The number of morpholine rings is 1. The summed E-state index contributed by atoms with van der Waals surface area (Å²) < 4.78 is 39.5. The highest BCUT2D eigenvalue weighted by Crippen LogP contribution is 2.36. The van der Waals surface area contributed by atoms with Gasteiger partial charge >= 0.3 is 0 Å². The van der Waals surface area contributed by atoms with E-state index in [9.17, 15) is 8.42 Å². The Hall–Kier alpha value is -1.06. The van der Waals surface area contributed by atoms with Gasteiger partial charge in [0.15, 0.2) is 0 Å². The molecule has 134 valence electrons. The number of aromatic nitrogens is 1. The molecule has 24 heavy (non-hydrogen) atoms. The Morgan fingerprint density at radius 3 is 2.79 bits per heavy atom. The molecular weight excluding hydrogens is 330 g/mol. The van der Waals surface area contributed by atoms with Crippen molar-refractivity contribution in [2.45, 2.75) is 31.6 Å². The predicted molar refractivity (Wildman–Crippen MR) is 89.5 cm³/mol. The number of hydrogen-bond acceptors (Lipinski definition) is 5. The Balaban J connectivity index is 1.56. The van der Waals surface area contributed by atoms with Crippen molar-refractivity contribution in [3.63, 3.8) is 0 Å². The lowest BCUT2D eigenvalue weighted by atomic mass is 10.1. The van der Waals surface area contributed by atoms with Gasteiger partial charge in [0, 0.05) is 39.6 Å². The molecule has 1 saturated carbocycles. The van der Waals surface area contributed by atoms with Crippen LogP contribution in [0.5, 0.6) is 0 Å². The molecule has 0 radical (unpaired) electrons. The van der Waals surface area contributed by atoms with Crippen molar-refractivity contribution in [1.82, 2.24) is 13.6 Å². The fraction of sp³-hybridized carbons (Fsp3) is 0.688. The van der Waals surface area contributed by atoms with Crippen LogP contribution in [0.15, 0.2) is 24.5 Å². The van der Waals surface area contributed by atoms with Crippen LogP contribution in [-0.4, -0.2) is 68.0 Å². The molecule has 1 aromatic heterocycles. The molecule has 0 bridgehead atoms. The van der Waals surface area contributed by atoms with Gasteiger partial charge in [0.2, 0.25) is 0 Å². The van der Waals surface area contributed by atoms with E-state index in [-0.39, 0.29) is 12.1 Å². The first-order valence-corrected chi connectivity index (χ1v) is 9.65. The van der Waals surface area contributed by atoms with Gasteiger partial charge in [-0.05, 0) is 36.5 Å². The lowest BCUT2D eigenvalue weighted by Gasteiger charge is -2.37. The second-order valence-electron chi connectivity index (χ2n) is 6.59. The van der Waals surface area contributed by atoms with E-state index in [0.717, 1.165) is 18.4 Å². The molecule has 3 atom stereocenters. The number of nitrogens with zero attached hydrogens (tertiary/aromatic N) is 3. The smallest absolute Gasteiger partial charge is 0.281 e. The average Bonchev–Trinajstić information content (AvgIpc) is 2.98. The SMILES string of the molecule is CN(C)S(=O)(=O)N1CCOC2CC(COCc3ccncc3)CC21. The summed E-state index contributed by atoms with van der Waals surface area (Å²) in [6.07, 6.45) is 5.11. The first kappa shape index (κ1) is 17.8. The Morgan fingerprint density at radius 2 is 2.08 bits per heavy atom. The quantitative estimate of drug-likeness (QED) is 0.758. The van der Waals surface area contributed by atoms with E-state index < -0.39 is 10.2 Å². The van der Waals surface area contributed by atoms with Gasteiger partial charge in [-0.2, -0.15) is 17.0 Å². The molecule has 2 fully saturated rings. The molecule has 1 aromatic rings. The van der Waals surface area contributed by atoms with Crippen molar-refractivity contribution in [3.05, 3.63) is 30.1 Å². The van der Waals surface area contributed by atoms with Crippen LogP contribution in [0.25, 0.3) is 0 Å². The van der Waals surface area contributed by atoms with Gasteiger partial charge < -0.3 is 9.47 Å². The minimum atomic E-state index is -3.40. The standard InChI is InChI=1S/C16H25N3O4S/c1-18(2)24(20,21)19-7-8-23-16-10-14(9-15(16)19)12-22-11-13-3-5-17-6-4-13/h3-6,14-16H,7-12H2,1-2H3. The first-order valence-electron chi connectivity index (χ1n) is 8.26. The highest BCUT2D eigenvalue weighted by atomic mass is 32.2. The second kappa shape index (κ2) is 7.45. The van der Waals surface area contributed by atoms with Crippen LogP contribution in [0.2, 0.25) is 0 Å². The summed E-state index contributed by atoms with van der Waals surface area (Å²) in [7, 11) is -0.255. The zero-order chi connectivity index (χ0) is 17.2. The molecule has 0 spiro atoms. The first-order chi connectivity index (χ1) is 11.5. The van der Waals surface area contributed by atoms with Gasteiger partial charge in [-0.25, -0.2) is 0 Å². The second-order valence-corrected chi connectivity index (χ2v) is 8.68. The predicted octanol–water partition coefficient (Wildman–Crippen LogP) is 0.884. The number of hydrogen-bond donors (Lipinski definition) is 0. The zero-order valence-electron chi connectivity index (χ0n) is 14.2. The third kappa shape index (κ3) is 3.78. The van der Waals surface area contributed by atoms with Gasteiger partial charge in [-0.15, -0.1) is 0 Å². The molecule has 1 saturated heterocycles. The Morgan fingerprint density at radius 1 is 1.33 bits per heavy atom. The van der Waals surface area contributed by atoms with Crippen molar-refractivity contribution in [2.75, 3.05) is 33.9 Å². The maximum absolute atomic E-state index is 12.5. The van der Waals surface area contributed by atoms with Crippen LogP contribution < -0.4 is 0 Å². The van der Waals surface area contributed by atoms with Gasteiger partial charge in [0.05, 0.1) is 25.4 Å². The van der Waals surface area contributed by atoms with Crippen molar-refractivity contribution in [3.8, 4) is 0 Å². The van der Waals surface area contributed by atoms with Gasteiger partial charge in [0.25, 0.3) is 10.2 Å². The molecule has 8 heteroatoms. The highest BCUT2D eigenvalue weighted by molar-refractivity contribution is 7.86. The zero-order valence-corrected chi connectivity index (χ0v) is 15.0. The van der Waals surface area contributed by atoms with Crippen LogP contribution >= 0.6 is 0 Å². The topological polar surface area (TPSA) is 72.0 Å². The van der Waals surface area contributed by atoms with Crippen molar-refractivity contribution in [1.29, 1.82) is 0 Å². The molecule has 0 aromatic carbocycles. The molecule has 1 aliphatic carbocycles. The summed E-state index contributed by atoms with van der Waals surface area (Å²) in [5.74, 6) is 0.319. The van der Waals surface area contributed by atoms with E-state index in [1.807, 2.05) is 12.1 Å². The number of rotatable bonds is 6. The van der Waals surface area contributed by atoms with E-state index in [1.54, 1.807) is 30.8 Å². The molecule has 0 amide bonds. The van der Waals surface area contributed by atoms with Crippen LogP contribution in [0.1, 0.15) is 18.4 Å². The molecular formula is C16H25N3O4S. The van der Waals surface area contributed by atoms with Crippen molar-refractivity contribution in [2.24, 2.45) is 5.92 Å². The molecule has 1 aliphatic heterocycles. The van der Waals surface area contributed by atoms with E-state index in [1.165, 1.54) is 4.31 Å². The van der Waals surface area contributed by atoms with E-state index in [4.69, 9.17) is 9.47 Å². The maximum Gasteiger partial charge on any atom is 0.281 e. The van der Waals surface area contributed by atoms with Crippen molar-refractivity contribution >= 4 is 10.2 Å². The molecule has 2 aliphatic rings. The Kier molecular flexibility index (Phi) is 5.51.